The fraction of sp³-hybridized carbons (Fsp3) is 0.263. The van der Waals surface area contributed by atoms with Crippen LogP contribution >= 0.6 is 0 Å². The molecule has 1 aliphatic heterocycles. The van der Waals surface area contributed by atoms with E-state index in [1.165, 1.54) is 30.5 Å². The summed E-state index contributed by atoms with van der Waals surface area (Å²) < 4.78 is 41.2. The molecule has 1 amide bonds. The molecule has 31 heavy (non-hydrogen) atoms. The Morgan fingerprint density at radius 3 is 2.55 bits per heavy atom. The number of rotatable bonds is 7. The maximum absolute atomic E-state index is 13.7. The number of piperidine rings is 1. The number of nitro groups is 1. The van der Waals surface area contributed by atoms with Gasteiger partial charge in [-0.15, -0.1) is 0 Å². The maximum Gasteiger partial charge on any atom is 0.270 e. The molecule has 0 aliphatic carbocycles. The fourth-order valence-electron chi connectivity index (χ4n) is 3.20. The van der Waals surface area contributed by atoms with E-state index in [1.54, 1.807) is 6.07 Å². The van der Waals surface area contributed by atoms with Gasteiger partial charge in [-0.05, 0) is 25.0 Å². The molecule has 0 aromatic heterocycles. The molecule has 0 radical (unpaired) electrons. The monoisotopic (exact) mass is 449 g/mol. The number of nitrogens with zero attached hydrogens (tertiary/aromatic N) is 3. The molecule has 0 atom stereocenters. The van der Waals surface area contributed by atoms with Crippen LogP contribution in [0.3, 0.4) is 0 Å². The van der Waals surface area contributed by atoms with Gasteiger partial charge in [0.05, 0.1) is 16.8 Å². The number of nitrogens with two attached hydrogens (primary N) is 1. The first-order valence-electron chi connectivity index (χ1n) is 9.31. The fourth-order valence-corrected chi connectivity index (χ4v) is 4.83. The third-order valence-electron chi connectivity index (χ3n) is 4.94. The highest BCUT2D eigenvalue weighted by Gasteiger charge is 2.33. The van der Waals surface area contributed by atoms with E-state index in [1.807, 2.05) is 0 Å². The summed E-state index contributed by atoms with van der Waals surface area (Å²) in [6.45, 7) is 0.104. The lowest BCUT2D eigenvalue weighted by Crippen LogP contribution is -2.41. The van der Waals surface area contributed by atoms with Crippen LogP contribution in [-0.4, -0.2) is 42.9 Å². The van der Waals surface area contributed by atoms with Crippen molar-refractivity contribution in [1.29, 1.82) is 0 Å². The molecule has 0 saturated carbocycles. The first-order valence-corrected chi connectivity index (χ1v) is 10.8. The second kappa shape index (κ2) is 9.18. The van der Waals surface area contributed by atoms with Gasteiger partial charge in [0.15, 0.2) is 0 Å². The second-order valence-corrected chi connectivity index (χ2v) is 8.82. The first-order chi connectivity index (χ1) is 14.7. The number of non-ortho nitro benzene ring substituents is 1. The van der Waals surface area contributed by atoms with Gasteiger partial charge < -0.3 is 5.73 Å². The minimum absolute atomic E-state index is 0.00443. The molecular formula is C19H20FN5O5S. The Labute approximate surface area is 177 Å². The lowest BCUT2D eigenvalue weighted by atomic mass is 9.98. The number of hydrogen-bond donors (Lipinski definition) is 2. The van der Waals surface area contributed by atoms with Gasteiger partial charge in [0.2, 0.25) is 15.9 Å². The van der Waals surface area contributed by atoms with Crippen LogP contribution in [0.4, 0.5) is 15.8 Å². The molecular weight excluding hydrogens is 429 g/mol. The number of hydrazone groups is 1. The summed E-state index contributed by atoms with van der Waals surface area (Å²) >= 11 is 0. The number of halogens is 1. The summed E-state index contributed by atoms with van der Waals surface area (Å²) in [5.41, 5.74) is 7.58. The number of benzene rings is 2. The van der Waals surface area contributed by atoms with Gasteiger partial charge in [0, 0.05) is 36.7 Å². The topological polar surface area (TPSA) is 148 Å². The van der Waals surface area contributed by atoms with Crippen LogP contribution in [0.15, 0.2) is 52.5 Å². The van der Waals surface area contributed by atoms with Crippen LogP contribution in [0.1, 0.15) is 18.4 Å². The van der Waals surface area contributed by atoms with Crippen molar-refractivity contribution in [1.82, 2.24) is 4.31 Å². The zero-order valence-electron chi connectivity index (χ0n) is 16.3. The van der Waals surface area contributed by atoms with Crippen molar-refractivity contribution in [3.63, 3.8) is 0 Å². The maximum atomic E-state index is 13.7. The number of carbonyl (C=O) groups is 1. The minimum Gasteiger partial charge on any atom is -0.369 e. The van der Waals surface area contributed by atoms with Gasteiger partial charge in [-0.25, -0.2) is 12.8 Å². The Balaban J connectivity index is 1.90. The quantitative estimate of drug-likeness (QED) is 0.376. The van der Waals surface area contributed by atoms with E-state index in [-0.39, 0.29) is 42.1 Å². The van der Waals surface area contributed by atoms with E-state index in [4.69, 9.17) is 5.73 Å². The lowest BCUT2D eigenvalue weighted by Gasteiger charge is -2.30. The molecule has 164 valence electrons. The zero-order chi connectivity index (χ0) is 22.6. The number of carbonyl (C=O) groups excluding carboxylic acids is 1. The van der Waals surface area contributed by atoms with Crippen LogP contribution in [-0.2, 0) is 14.8 Å². The molecule has 2 aromatic carbocycles. The van der Waals surface area contributed by atoms with Crippen LogP contribution in [0.2, 0.25) is 0 Å². The Hall–Kier alpha value is -3.38. The predicted molar refractivity (Wildman–Crippen MR) is 111 cm³/mol. The highest BCUT2D eigenvalue weighted by atomic mass is 32.2. The molecule has 1 aliphatic rings. The van der Waals surface area contributed by atoms with Crippen LogP contribution in [0.25, 0.3) is 0 Å². The molecule has 12 heteroatoms. The van der Waals surface area contributed by atoms with E-state index in [2.05, 4.69) is 10.5 Å². The second-order valence-electron chi connectivity index (χ2n) is 6.91. The van der Waals surface area contributed by atoms with Crippen LogP contribution in [0, 0.1) is 21.8 Å². The average Bonchev–Trinajstić information content (AvgIpc) is 2.75. The molecule has 1 heterocycles. The van der Waals surface area contributed by atoms with Crippen molar-refractivity contribution < 1.29 is 22.5 Å². The van der Waals surface area contributed by atoms with Crippen molar-refractivity contribution in [2.75, 3.05) is 18.5 Å². The Morgan fingerprint density at radius 1 is 1.26 bits per heavy atom. The van der Waals surface area contributed by atoms with Gasteiger partial charge in [0.1, 0.15) is 10.7 Å². The molecule has 0 unspecified atom stereocenters. The lowest BCUT2D eigenvalue weighted by molar-refractivity contribution is -0.385. The van der Waals surface area contributed by atoms with Crippen molar-refractivity contribution in [3.8, 4) is 0 Å². The first kappa shape index (κ1) is 22.3. The molecule has 3 rings (SSSR count). The number of amides is 1. The molecule has 3 N–H and O–H groups in total. The third-order valence-corrected chi connectivity index (χ3v) is 6.88. The Bertz CT molecular complexity index is 1130. The van der Waals surface area contributed by atoms with E-state index in [0.29, 0.717) is 0 Å². The molecule has 0 bridgehead atoms. The highest BCUT2D eigenvalue weighted by molar-refractivity contribution is 7.89. The highest BCUT2D eigenvalue weighted by Crippen LogP contribution is 2.31. The van der Waals surface area contributed by atoms with E-state index in [9.17, 15) is 27.7 Å². The Kier molecular flexibility index (Phi) is 6.61. The summed E-state index contributed by atoms with van der Waals surface area (Å²) in [5.74, 6) is -1.42. The minimum atomic E-state index is -4.13. The smallest absolute Gasteiger partial charge is 0.270 e. The van der Waals surface area contributed by atoms with Crippen LogP contribution in [0.5, 0.6) is 0 Å². The predicted octanol–water partition coefficient (Wildman–Crippen LogP) is 2.07. The molecule has 0 spiro atoms. The molecule has 1 saturated heterocycles. The number of primary amides is 1. The number of nitro benzene ring substituents is 1. The standard InChI is InChI=1S/C19H20FN5O5S/c20-16-4-2-1-3-14(16)12-22-23-17-6-5-15(25(27)28)11-18(17)31(29,30)24-9-7-13(8-10-24)19(21)26/h1-6,11-13,23H,7-10H2,(H2,21,26)/b22-12-. The van der Waals surface area contributed by atoms with Crippen molar-refractivity contribution in [2.24, 2.45) is 16.8 Å². The van der Waals surface area contributed by atoms with Gasteiger partial charge >= 0.3 is 0 Å². The normalized spacial score (nSPS) is 15.8. The van der Waals surface area contributed by atoms with Crippen molar-refractivity contribution >= 4 is 33.5 Å². The zero-order valence-corrected chi connectivity index (χ0v) is 17.1. The van der Waals surface area contributed by atoms with Crippen molar-refractivity contribution in [2.45, 2.75) is 17.7 Å². The van der Waals surface area contributed by atoms with Gasteiger partial charge in [0.25, 0.3) is 5.69 Å². The largest absolute Gasteiger partial charge is 0.369 e. The van der Waals surface area contributed by atoms with Gasteiger partial charge in [-0.2, -0.15) is 9.41 Å². The third kappa shape index (κ3) is 5.03. The van der Waals surface area contributed by atoms with E-state index in [0.717, 1.165) is 16.4 Å². The summed E-state index contributed by atoms with van der Waals surface area (Å²) in [4.78, 5) is 21.5. The Morgan fingerprint density at radius 2 is 1.94 bits per heavy atom. The van der Waals surface area contributed by atoms with Crippen molar-refractivity contribution in [3.05, 3.63) is 64.0 Å². The number of sulfonamides is 1. The average molecular weight is 449 g/mol. The molecule has 1 fully saturated rings. The summed E-state index contributed by atoms with van der Waals surface area (Å²) in [5, 5.41) is 15.0. The number of nitrogens with one attached hydrogen (secondary N) is 1. The van der Waals surface area contributed by atoms with Gasteiger partial charge in [-0.3, -0.25) is 20.3 Å². The summed E-state index contributed by atoms with van der Waals surface area (Å²) in [6.07, 6.45) is 1.70. The summed E-state index contributed by atoms with van der Waals surface area (Å²) in [7, 11) is -4.13. The van der Waals surface area contributed by atoms with Crippen LogP contribution < -0.4 is 11.2 Å². The van der Waals surface area contributed by atoms with E-state index < -0.39 is 38.3 Å². The van der Waals surface area contributed by atoms with Gasteiger partial charge in [-0.1, -0.05) is 18.2 Å². The SMILES string of the molecule is NC(=O)C1CCN(S(=O)(=O)c2cc([N+](=O)[O-])ccc2N/N=C\c2ccccc2F)CC1. The molecule has 2 aromatic rings. The number of hydrogen-bond acceptors (Lipinski definition) is 7. The van der Waals surface area contributed by atoms with E-state index >= 15 is 0 Å². The molecule has 10 nitrogen and oxygen atoms in total. The summed E-state index contributed by atoms with van der Waals surface area (Å²) in [6, 6.07) is 9.16. The number of anilines is 1.